The summed E-state index contributed by atoms with van der Waals surface area (Å²) in [7, 11) is 0. The minimum absolute atomic E-state index is 0.0402. The second-order valence-electron chi connectivity index (χ2n) is 2.92. The smallest absolute Gasteiger partial charge is 0.336 e. The predicted octanol–water partition coefficient (Wildman–Crippen LogP) is 1.92. The second-order valence-corrected chi connectivity index (χ2v) is 2.92. The molecule has 1 aromatic carbocycles. The summed E-state index contributed by atoms with van der Waals surface area (Å²) in [6, 6.07) is 3.89. The highest BCUT2D eigenvalue weighted by molar-refractivity contribution is 5.92. The van der Waals surface area contributed by atoms with Gasteiger partial charge in [0.15, 0.2) is 0 Å². The van der Waals surface area contributed by atoms with E-state index in [2.05, 4.69) is 0 Å². The number of carboxylic acid groups (broad SMARTS) is 1. The Kier molecular flexibility index (Phi) is 4.00. The summed E-state index contributed by atoms with van der Waals surface area (Å²) in [4.78, 5) is 10.8. The molecule has 1 aromatic rings. The molecule has 0 radical (unpaired) electrons. The van der Waals surface area contributed by atoms with Gasteiger partial charge in [0.2, 0.25) is 0 Å². The van der Waals surface area contributed by atoms with Crippen LogP contribution in [-0.4, -0.2) is 22.8 Å². The van der Waals surface area contributed by atoms with Crippen LogP contribution in [0.5, 0.6) is 0 Å². The van der Waals surface area contributed by atoms with Gasteiger partial charge in [-0.2, -0.15) is 0 Å². The Morgan fingerprint density at radius 2 is 2.20 bits per heavy atom. The van der Waals surface area contributed by atoms with Crippen LogP contribution in [0.2, 0.25) is 0 Å². The Hall–Kier alpha value is -1.68. The summed E-state index contributed by atoms with van der Waals surface area (Å²) in [6.07, 6.45) is 3.27. The van der Waals surface area contributed by atoms with Gasteiger partial charge in [0.25, 0.3) is 0 Å². The Labute approximate surface area is 86.5 Å². The molecule has 0 fully saturated rings. The molecular weight excluding hydrogens is 199 g/mol. The van der Waals surface area contributed by atoms with Crippen LogP contribution in [0.15, 0.2) is 24.3 Å². The maximum absolute atomic E-state index is 13.3. The maximum Gasteiger partial charge on any atom is 0.336 e. The van der Waals surface area contributed by atoms with Crippen molar-refractivity contribution < 1.29 is 19.4 Å². The van der Waals surface area contributed by atoms with Gasteiger partial charge in [-0.25, -0.2) is 9.18 Å². The van der Waals surface area contributed by atoms with Crippen LogP contribution in [0.25, 0.3) is 6.08 Å². The van der Waals surface area contributed by atoms with Gasteiger partial charge in [0, 0.05) is 12.2 Å². The van der Waals surface area contributed by atoms with Crippen molar-refractivity contribution in [3.8, 4) is 0 Å². The Balaban J connectivity index is 3.07. The molecule has 80 valence electrons. The summed E-state index contributed by atoms with van der Waals surface area (Å²) in [5.41, 5.74) is -0.0392. The number of aromatic carboxylic acids is 1. The van der Waals surface area contributed by atoms with Gasteiger partial charge in [0.1, 0.15) is 5.82 Å². The average Bonchev–Trinajstić information content (AvgIpc) is 2.20. The highest BCUT2D eigenvalue weighted by atomic mass is 19.1. The van der Waals surface area contributed by atoms with Crippen molar-refractivity contribution in [3.63, 3.8) is 0 Å². The molecule has 0 atom stereocenters. The van der Waals surface area contributed by atoms with Crippen molar-refractivity contribution in [1.82, 2.24) is 0 Å². The fraction of sp³-hybridized carbons (Fsp3) is 0.182. The number of rotatable bonds is 4. The van der Waals surface area contributed by atoms with Gasteiger partial charge in [-0.05, 0) is 18.6 Å². The molecule has 0 bridgehead atoms. The van der Waals surface area contributed by atoms with Gasteiger partial charge in [-0.15, -0.1) is 0 Å². The minimum Gasteiger partial charge on any atom is -0.478 e. The zero-order chi connectivity index (χ0) is 11.3. The quantitative estimate of drug-likeness (QED) is 0.798. The lowest BCUT2D eigenvalue weighted by molar-refractivity contribution is 0.0696. The molecule has 0 aromatic heterocycles. The van der Waals surface area contributed by atoms with E-state index in [4.69, 9.17) is 10.2 Å². The molecule has 0 unspecified atom stereocenters. The van der Waals surface area contributed by atoms with Crippen molar-refractivity contribution >= 4 is 12.0 Å². The highest BCUT2D eigenvalue weighted by Crippen LogP contribution is 2.15. The second kappa shape index (κ2) is 5.26. The third kappa shape index (κ3) is 2.89. The number of hydrogen-bond donors (Lipinski definition) is 2. The summed E-state index contributed by atoms with van der Waals surface area (Å²) in [5.74, 6) is -1.75. The number of halogens is 1. The van der Waals surface area contributed by atoms with E-state index in [1.54, 1.807) is 0 Å². The highest BCUT2D eigenvalue weighted by Gasteiger charge is 2.10. The molecule has 0 spiro atoms. The molecular formula is C11H11FO3. The molecule has 0 aliphatic carbocycles. The van der Waals surface area contributed by atoms with Crippen LogP contribution in [0, 0.1) is 5.82 Å². The molecule has 0 aliphatic heterocycles. The largest absolute Gasteiger partial charge is 0.478 e. The fourth-order valence-electron chi connectivity index (χ4n) is 1.17. The van der Waals surface area contributed by atoms with Gasteiger partial charge < -0.3 is 10.2 Å². The van der Waals surface area contributed by atoms with E-state index >= 15 is 0 Å². The number of benzene rings is 1. The maximum atomic E-state index is 13.3. The van der Waals surface area contributed by atoms with E-state index < -0.39 is 11.8 Å². The molecule has 3 nitrogen and oxygen atoms in total. The van der Waals surface area contributed by atoms with Crippen LogP contribution in [-0.2, 0) is 0 Å². The molecule has 0 heterocycles. The number of carboxylic acids is 1. The molecule has 0 saturated carbocycles. The van der Waals surface area contributed by atoms with Gasteiger partial charge in [-0.3, -0.25) is 0 Å². The molecule has 0 saturated heterocycles. The van der Waals surface area contributed by atoms with Crippen molar-refractivity contribution in [1.29, 1.82) is 0 Å². The molecule has 0 aliphatic rings. The van der Waals surface area contributed by atoms with E-state index in [9.17, 15) is 9.18 Å². The first kappa shape index (κ1) is 11.4. The summed E-state index contributed by atoms with van der Waals surface area (Å²) >= 11 is 0. The van der Waals surface area contributed by atoms with Crippen molar-refractivity contribution in [2.45, 2.75) is 6.42 Å². The normalized spacial score (nSPS) is 10.8. The molecule has 1 rings (SSSR count). The lowest BCUT2D eigenvalue weighted by atomic mass is 10.1. The zero-order valence-corrected chi connectivity index (χ0v) is 7.98. The third-order valence-electron chi connectivity index (χ3n) is 1.86. The Morgan fingerprint density at radius 1 is 1.47 bits per heavy atom. The van der Waals surface area contributed by atoms with E-state index in [1.807, 2.05) is 0 Å². The topological polar surface area (TPSA) is 57.5 Å². The zero-order valence-electron chi connectivity index (χ0n) is 7.98. The average molecular weight is 210 g/mol. The van der Waals surface area contributed by atoms with Gasteiger partial charge in [-0.1, -0.05) is 18.2 Å². The fourth-order valence-corrected chi connectivity index (χ4v) is 1.17. The Morgan fingerprint density at radius 3 is 2.80 bits per heavy atom. The minimum atomic E-state index is -1.17. The molecule has 15 heavy (non-hydrogen) atoms. The Bertz CT molecular complexity index is 385. The first-order chi connectivity index (χ1) is 7.16. The summed E-state index contributed by atoms with van der Waals surface area (Å²) in [6.45, 7) is -0.0483. The molecule has 0 amide bonds. The van der Waals surface area contributed by atoms with E-state index in [1.165, 1.54) is 30.4 Å². The van der Waals surface area contributed by atoms with E-state index in [0.29, 0.717) is 6.42 Å². The van der Waals surface area contributed by atoms with Crippen molar-refractivity contribution in [2.24, 2.45) is 0 Å². The van der Waals surface area contributed by atoms with Crippen LogP contribution in [0.3, 0.4) is 0 Å². The number of carbonyl (C=O) groups is 1. The standard InChI is InChI=1S/C11H11FO3/c12-10-6-3-5-9(11(14)15)8(10)4-1-2-7-13/h1,3-6,13H,2,7H2,(H,14,15). The van der Waals surface area contributed by atoms with Crippen LogP contribution in [0.4, 0.5) is 4.39 Å². The third-order valence-corrected chi connectivity index (χ3v) is 1.86. The van der Waals surface area contributed by atoms with Gasteiger partial charge >= 0.3 is 5.97 Å². The summed E-state index contributed by atoms with van der Waals surface area (Å²) in [5, 5.41) is 17.3. The first-order valence-corrected chi connectivity index (χ1v) is 4.46. The van der Waals surface area contributed by atoms with Crippen molar-refractivity contribution in [2.75, 3.05) is 6.61 Å². The number of hydrogen-bond acceptors (Lipinski definition) is 2. The lowest BCUT2D eigenvalue weighted by Crippen LogP contribution is -2.01. The SMILES string of the molecule is O=C(O)c1cccc(F)c1C=CCCO. The molecule has 4 heteroatoms. The van der Waals surface area contributed by atoms with E-state index in [-0.39, 0.29) is 17.7 Å². The summed E-state index contributed by atoms with van der Waals surface area (Å²) < 4.78 is 13.3. The molecule has 2 N–H and O–H groups in total. The predicted molar refractivity (Wildman–Crippen MR) is 54.1 cm³/mol. The van der Waals surface area contributed by atoms with E-state index in [0.717, 1.165) is 0 Å². The number of aliphatic hydroxyl groups excluding tert-OH is 1. The number of aliphatic hydroxyl groups is 1. The lowest BCUT2D eigenvalue weighted by Gasteiger charge is -2.01. The first-order valence-electron chi connectivity index (χ1n) is 4.46. The van der Waals surface area contributed by atoms with Crippen LogP contribution < -0.4 is 0 Å². The van der Waals surface area contributed by atoms with Crippen molar-refractivity contribution in [3.05, 3.63) is 41.2 Å². The van der Waals surface area contributed by atoms with Gasteiger partial charge in [0.05, 0.1) is 5.56 Å². The van der Waals surface area contributed by atoms with Crippen LogP contribution in [0.1, 0.15) is 22.3 Å². The monoisotopic (exact) mass is 210 g/mol. The van der Waals surface area contributed by atoms with Crippen LogP contribution >= 0.6 is 0 Å².